The van der Waals surface area contributed by atoms with E-state index in [4.69, 9.17) is 0 Å². The maximum Gasteiger partial charge on any atom is 0.222 e. The van der Waals surface area contributed by atoms with Gasteiger partial charge in [0.1, 0.15) is 0 Å². The van der Waals surface area contributed by atoms with Gasteiger partial charge >= 0.3 is 0 Å². The molecule has 1 saturated heterocycles. The van der Waals surface area contributed by atoms with E-state index in [1.165, 1.54) is 24.0 Å². The van der Waals surface area contributed by atoms with E-state index >= 15 is 0 Å². The van der Waals surface area contributed by atoms with Crippen LogP contribution in [0.5, 0.6) is 0 Å². The minimum Gasteiger partial charge on any atom is -0.341 e. The molecule has 0 unspecified atom stereocenters. The molecule has 0 bridgehead atoms. The predicted molar refractivity (Wildman–Crippen MR) is 103 cm³/mol. The smallest absolute Gasteiger partial charge is 0.222 e. The van der Waals surface area contributed by atoms with Crippen LogP contribution in [0.25, 0.3) is 0 Å². The third kappa shape index (κ3) is 5.71. The third-order valence-electron chi connectivity index (χ3n) is 4.94. The first-order valence-corrected chi connectivity index (χ1v) is 9.40. The number of rotatable bonds is 8. The first-order valence-electron chi connectivity index (χ1n) is 9.40. The van der Waals surface area contributed by atoms with Gasteiger partial charge in [-0.05, 0) is 43.4 Å². The minimum absolute atomic E-state index is 0.272. The maximum atomic E-state index is 12.8. The van der Waals surface area contributed by atoms with Gasteiger partial charge in [0, 0.05) is 25.6 Å². The molecule has 1 N–H and O–H groups in total. The Labute approximate surface area is 151 Å². The summed E-state index contributed by atoms with van der Waals surface area (Å²) in [7, 11) is 0. The van der Waals surface area contributed by atoms with E-state index in [0.29, 0.717) is 12.5 Å². The van der Waals surface area contributed by atoms with Crippen molar-refractivity contribution in [3.05, 3.63) is 71.8 Å². The second-order valence-corrected chi connectivity index (χ2v) is 6.85. The van der Waals surface area contributed by atoms with Crippen molar-refractivity contribution >= 4 is 5.91 Å². The van der Waals surface area contributed by atoms with Crippen LogP contribution in [0.1, 0.15) is 30.4 Å². The number of hydrogen-bond donors (Lipinski definition) is 1. The fraction of sp³-hybridized carbons (Fsp3) is 0.409. The number of nitrogens with one attached hydrogen (secondary N) is 1. The fourth-order valence-corrected chi connectivity index (χ4v) is 3.46. The Morgan fingerprint density at radius 2 is 1.60 bits per heavy atom. The SMILES string of the molecule is O=C(CCc1ccccc1)N(CCc1ccccc1)C[C@@H]1CCCN1. The summed E-state index contributed by atoms with van der Waals surface area (Å²) < 4.78 is 0. The summed E-state index contributed by atoms with van der Waals surface area (Å²) in [6.45, 7) is 2.71. The molecule has 0 aliphatic carbocycles. The normalized spacial score (nSPS) is 16.7. The van der Waals surface area contributed by atoms with Crippen molar-refractivity contribution in [1.29, 1.82) is 0 Å². The van der Waals surface area contributed by atoms with E-state index in [0.717, 1.165) is 32.5 Å². The van der Waals surface area contributed by atoms with Crippen molar-refractivity contribution in [1.82, 2.24) is 10.2 Å². The quantitative estimate of drug-likeness (QED) is 0.801. The summed E-state index contributed by atoms with van der Waals surface area (Å²) >= 11 is 0. The molecular formula is C22H28N2O. The summed E-state index contributed by atoms with van der Waals surface area (Å²) in [5.41, 5.74) is 2.53. The highest BCUT2D eigenvalue weighted by atomic mass is 16.2. The zero-order valence-corrected chi connectivity index (χ0v) is 14.9. The molecule has 1 amide bonds. The maximum absolute atomic E-state index is 12.8. The number of carbonyl (C=O) groups is 1. The van der Waals surface area contributed by atoms with E-state index in [9.17, 15) is 4.79 Å². The van der Waals surface area contributed by atoms with Crippen molar-refractivity contribution in [2.24, 2.45) is 0 Å². The van der Waals surface area contributed by atoms with Crippen molar-refractivity contribution in [3.8, 4) is 0 Å². The van der Waals surface area contributed by atoms with Gasteiger partial charge in [0.2, 0.25) is 5.91 Å². The van der Waals surface area contributed by atoms with Crippen molar-refractivity contribution in [3.63, 3.8) is 0 Å². The molecule has 1 atom stereocenters. The Morgan fingerprint density at radius 3 is 2.20 bits per heavy atom. The fourth-order valence-electron chi connectivity index (χ4n) is 3.46. The van der Waals surface area contributed by atoms with Crippen LogP contribution >= 0.6 is 0 Å². The molecule has 2 aromatic rings. The first-order chi connectivity index (χ1) is 12.3. The molecule has 0 aromatic heterocycles. The van der Waals surface area contributed by atoms with Crippen LogP contribution in [0.4, 0.5) is 0 Å². The Bertz CT molecular complexity index is 636. The standard InChI is InChI=1S/C22H28N2O/c25-22(14-13-19-8-3-1-4-9-19)24(18-21-12-7-16-23-21)17-15-20-10-5-2-6-11-20/h1-6,8-11,21,23H,7,12-18H2/t21-/m0/s1. The molecule has 3 nitrogen and oxygen atoms in total. The van der Waals surface area contributed by atoms with Gasteiger partial charge in [-0.3, -0.25) is 4.79 Å². The van der Waals surface area contributed by atoms with E-state index in [1.54, 1.807) is 0 Å². The molecule has 1 heterocycles. The van der Waals surface area contributed by atoms with E-state index < -0.39 is 0 Å². The number of hydrogen-bond acceptors (Lipinski definition) is 2. The molecule has 1 aliphatic heterocycles. The van der Waals surface area contributed by atoms with Crippen LogP contribution in [-0.2, 0) is 17.6 Å². The summed E-state index contributed by atoms with van der Waals surface area (Å²) in [6.07, 6.45) is 4.72. The molecular weight excluding hydrogens is 308 g/mol. The molecule has 3 heteroatoms. The zero-order chi connectivity index (χ0) is 17.3. The lowest BCUT2D eigenvalue weighted by atomic mass is 10.1. The van der Waals surface area contributed by atoms with Crippen LogP contribution in [0, 0.1) is 0 Å². The molecule has 25 heavy (non-hydrogen) atoms. The molecule has 0 radical (unpaired) electrons. The van der Waals surface area contributed by atoms with Crippen molar-refractivity contribution < 1.29 is 4.79 Å². The Kier molecular flexibility index (Phi) is 6.63. The number of nitrogens with zero attached hydrogens (tertiary/aromatic N) is 1. The largest absolute Gasteiger partial charge is 0.341 e. The molecule has 3 rings (SSSR count). The lowest BCUT2D eigenvalue weighted by Crippen LogP contribution is -2.42. The highest BCUT2D eigenvalue weighted by Crippen LogP contribution is 2.11. The van der Waals surface area contributed by atoms with Crippen LogP contribution in [0.2, 0.25) is 0 Å². The summed E-state index contributed by atoms with van der Waals surface area (Å²) in [4.78, 5) is 14.9. The van der Waals surface area contributed by atoms with E-state index in [1.807, 2.05) is 24.3 Å². The van der Waals surface area contributed by atoms with Crippen LogP contribution in [-0.4, -0.2) is 36.5 Å². The molecule has 1 fully saturated rings. The summed E-state index contributed by atoms with van der Waals surface area (Å²) in [5.74, 6) is 0.272. The molecule has 0 saturated carbocycles. The van der Waals surface area contributed by atoms with Gasteiger partial charge in [-0.1, -0.05) is 60.7 Å². The second-order valence-electron chi connectivity index (χ2n) is 6.85. The molecule has 132 valence electrons. The van der Waals surface area contributed by atoms with E-state index in [-0.39, 0.29) is 5.91 Å². The van der Waals surface area contributed by atoms with Crippen molar-refractivity contribution in [2.45, 2.75) is 38.1 Å². The average Bonchev–Trinajstić information content (AvgIpc) is 3.18. The molecule has 0 spiro atoms. The number of benzene rings is 2. The number of carbonyl (C=O) groups excluding carboxylic acids is 1. The summed E-state index contributed by atoms with van der Waals surface area (Å²) in [5, 5.41) is 3.52. The third-order valence-corrected chi connectivity index (χ3v) is 4.94. The summed E-state index contributed by atoms with van der Waals surface area (Å²) in [6, 6.07) is 21.2. The van der Waals surface area contributed by atoms with Gasteiger partial charge in [0.05, 0.1) is 0 Å². The van der Waals surface area contributed by atoms with Crippen LogP contribution in [0.3, 0.4) is 0 Å². The Balaban J connectivity index is 1.57. The van der Waals surface area contributed by atoms with Crippen LogP contribution < -0.4 is 5.32 Å². The molecule has 1 aliphatic rings. The molecule has 2 aromatic carbocycles. The lowest BCUT2D eigenvalue weighted by molar-refractivity contribution is -0.131. The monoisotopic (exact) mass is 336 g/mol. The van der Waals surface area contributed by atoms with Gasteiger partial charge in [0.15, 0.2) is 0 Å². The van der Waals surface area contributed by atoms with E-state index in [2.05, 4.69) is 46.6 Å². The Hall–Kier alpha value is -2.13. The second kappa shape index (κ2) is 9.38. The van der Waals surface area contributed by atoms with Crippen molar-refractivity contribution in [2.75, 3.05) is 19.6 Å². The zero-order valence-electron chi connectivity index (χ0n) is 14.9. The van der Waals surface area contributed by atoms with Gasteiger partial charge in [0.25, 0.3) is 0 Å². The van der Waals surface area contributed by atoms with Crippen LogP contribution in [0.15, 0.2) is 60.7 Å². The number of amides is 1. The van der Waals surface area contributed by atoms with Gasteiger partial charge in [-0.15, -0.1) is 0 Å². The highest BCUT2D eigenvalue weighted by molar-refractivity contribution is 5.76. The first kappa shape index (κ1) is 17.7. The highest BCUT2D eigenvalue weighted by Gasteiger charge is 2.21. The average molecular weight is 336 g/mol. The predicted octanol–water partition coefficient (Wildman–Crippen LogP) is 3.44. The van der Waals surface area contributed by atoms with Gasteiger partial charge in [-0.25, -0.2) is 0 Å². The number of aryl methyl sites for hydroxylation is 1. The van der Waals surface area contributed by atoms with Gasteiger partial charge in [-0.2, -0.15) is 0 Å². The lowest BCUT2D eigenvalue weighted by Gasteiger charge is -2.26. The topological polar surface area (TPSA) is 32.3 Å². The minimum atomic E-state index is 0.272. The van der Waals surface area contributed by atoms with Gasteiger partial charge < -0.3 is 10.2 Å². The Morgan fingerprint density at radius 1 is 0.960 bits per heavy atom.